The van der Waals surface area contributed by atoms with Crippen LogP contribution in [0.4, 0.5) is 9.59 Å². The van der Waals surface area contributed by atoms with Gasteiger partial charge in [-0.2, -0.15) is 0 Å². The van der Waals surface area contributed by atoms with Crippen LogP contribution in [0.5, 0.6) is 0 Å². The molecule has 0 saturated carbocycles. The number of carbonyl (C=O) groups is 3. The molecule has 2 heterocycles. The van der Waals surface area contributed by atoms with Crippen molar-refractivity contribution in [3.05, 3.63) is 0 Å². The zero-order valence-corrected chi connectivity index (χ0v) is 10.1. The second-order valence-electron chi connectivity index (χ2n) is 4.57. The van der Waals surface area contributed by atoms with Gasteiger partial charge in [-0.05, 0) is 5.92 Å². The van der Waals surface area contributed by atoms with Gasteiger partial charge in [0.2, 0.25) is 0 Å². The minimum absolute atomic E-state index is 0.204. The predicted molar refractivity (Wildman–Crippen MR) is 60.5 cm³/mol. The summed E-state index contributed by atoms with van der Waals surface area (Å²) in [5.74, 6) is -1.27. The third-order valence-electron chi connectivity index (χ3n) is 3.43. The van der Waals surface area contributed by atoms with Crippen LogP contribution in [0.2, 0.25) is 0 Å². The number of hydrogen-bond acceptors (Lipinski definition) is 3. The summed E-state index contributed by atoms with van der Waals surface area (Å²) in [5.41, 5.74) is 0. The minimum atomic E-state index is -1.07. The Hall–Kier alpha value is -1.99. The molecule has 0 spiro atoms. The molecule has 0 aromatic rings. The number of urea groups is 2. The zero-order valence-electron chi connectivity index (χ0n) is 10.1. The third kappa shape index (κ3) is 1.83. The second kappa shape index (κ2) is 4.35. The molecule has 0 radical (unpaired) electrons. The standard InChI is InChI=1S/C10H16N4O4/c1-3-4(2)5(8(15)16)14-7-6(12-10(14)18)11-9(17)13-7/h4-7H,3H2,1-2H3,(H,12,18)(H,15,16)(H2,11,13,17)/t4-,5+,6-,7+/m0/s1. The van der Waals surface area contributed by atoms with Crippen LogP contribution < -0.4 is 16.0 Å². The molecule has 0 aliphatic carbocycles. The monoisotopic (exact) mass is 256 g/mol. The van der Waals surface area contributed by atoms with E-state index >= 15 is 0 Å². The van der Waals surface area contributed by atoms with Crippen molar-refractivity contribution < 1.29 is 19.5 Å². The largest absolute Gasteiger partial charge is 0.480 e. The van der Waals surface area contributed by atoms with E-state index in [-0.39, 0.29) is 5.92 Å². The van der Waals surface area contributed by atoms with Gasteiger partial charge in [0.25, 0.3) is 0 Å². The molecule has 2 aliphatic heterocycles. The van der Waals surface area contributed by atoms with Gasteiger partial charge in [-0.3, -0.25) is 4.90 Å². The molecule has 2 aliphatic rings. The van der Waals surface area contributed by atoms with E-state index in [4.69, 9.17) is 0 Å². The molecular weight excluding hydrogens is 240 g/mol. The molecule has 18 heavy (non-hydrogen) atoms. The van der Waals surface area contributed by atoms with Gasteiger partial charge in [0, 0.05) is 0 Å². The van der Waals surface area contributed by atoms with Gasteiger partial charge >= 0.3 is 18.0 Å². The second-order valence-corrected chi connectivity index (χ2v) is 4.57. The van der Waals surface area contributed by atoms with Crippen LogP contribution in [0, 0.1) is 5.92 Å². The lowest BCUT2D eigenvalue weighted by Gasteiger charge is -2.31. The maximum Gasteiger partial charge on any atom is 0.326 e. The van der Waals surface area contributed by atoms with Crippen molar-refractivity contribution in [1.82, 2.24) is 20.9 Å². The van der Waals surface area contributed by atoms with E-state index < -0.39 is 36.4 Å². The number of carbonyl (C=O) groups excluding carboxylic acids is 2. The zero-order chi connectivity index (χ0) is 13.4. The van der Waals surface area contributed by atoms with Gasteiger partial charge < -0.3 is 21.1 Å². The fourth-order valence-electron chi connectivity index (χ4n) is 2.32. The molecule has 4 amide bonds. The van der Waals surface area contributed by atoms with E-state index in [2.05, 4.69) is 16.0 Å². The van der Waals surface area contributed by atoms with Crippen LogP contribution in [0.1, 0.15) is 20.3 Å². The third-order valence-corrected chi connectivity index (χ3v) is 3.43. The molecule has 100 valence electrons. The Bertz CT molecular complexity index is 399. The predicted octanol–water partition coefficient (Wildman–Crippen LogP) is -0.524. The highest BCUT2D eigenvalue weighted by atomic mass is 16.4. The molecule has 4 N–H and O–H groups in total. The van der Waals surface area contributed by atoms with Crippen LogP contribution in [0.25, 0.3) is 0 Å². The van der Waals surface area contributed by atoms with Crippen molar-refractivity contribution in [3.8, 4) is 0 Å². The number of carboxylic acid groups (broad SMARTS) is 1. The number of fused-ring (bicyclic) bond motifs is 1. The van der Waals surface area contributed by atoms with Gasteiger partial charge in [-0.15, -0.1) is 0 Å². The summed E-state index contributed by atoms with van der Waals surface area (Å²) in [6.07, 6.45) is -0.601. The lowest BCUT2D eigenvalue weighted by Crippen LogP contribution is -2.54. The highest BCUT2D eigenvalue weighted by Gasteiger charge is 2.50. The average Bonchev–Trinajstić information content (AvgIpc) is 2.76. The normalized spacial score (nSPS) is 29.1. The van der Waals surface area contributed by atoms with Crippen molar-refractivity contribution in [2.24, 2.45) is 5.92 Å². The maximum absolute atomic E-state index is 11.8. The maximum atomic E-state index is 11.8. The quantitative estimate of drug-likeness (QED) is 0.542. The number of rotatable bonds is 4. The van der Waals surface area contributed by atoms with Gasteiger partial charge in [0.05, 0.1) is 0 Å². The highest BCUT2D eigenvalue weighted by Crippen LogP contribution is 2.23. The molecule has 0 aromatic carbocycles. The smallest absolute Gasteiger partial charge is 0.326 e. The van der Waals surface area contributed by atoms with Gasteiger partial charge in [0.1, 0.15) is 18.4 Å². The molecule has 2 saturated heterocycles. The topological polar surface area (TPSA) is 111 Å². The van der Waals surface area contributed by atoms with E-state index in [1.165, 1.54) is 4.90 Å². The van der Waals surface area contributed by atoms with Crippen LogP contribution in [0.15, 0.2) is 0 Å². The summed E-state index contributed by atoms with van der Waals surface area (Å²) in [5, 5.41) is 16.9. The lowest BCUT2D eigenvalue weighted by atomic mass is 9.97. The summed E-state index contributed by atoms with van der Waals surface area (Å²) < 4.78 is 0. The van der Waals surface area contributed by atoms with Gasteiger partial charge in [0.15, 0.2) is 0 Å². The van der Waals surface area contributed by atoms with Crippen molar-refractivity contribution in [3.63, 3.8) is 0 Å². The fourth-order valence-corrected chi connectivity index (χ4v) is 2.32. The molecule has 4 atom stereocenters. The molecule has 0 unspecified atom stereocenters. The van der Waals surface area contributed by atoms with Crippen LogP contribution in [0.3, 0.4) is 0 Å². The summed E-state index contributed by atoms with van der Waals surface area (Å²) in [6, 6.07) is -1.85. The molecule has 0 aromatic heterocycles. The number of aliphatic carboxylic acids is 1. The first-order chi connectivity index (χ1) is 8.45. The summed E-state index contributed by atoms with van der Waals surface area (Å²) in [4.78, 5) is 35.6. The van der Waals surface area contributed by atoms with Gasteiger partial charge in [-0.1, -0.05) is 20.3 Å². The first kappa shape index (κ1) is 12.5. The summed E-state index contributed by atoms with van der Waals surface area (Å²) in [7, 11) is 0. The van der Waals surface area contributed by atoms with E-state index in [0.29, 0.717) is 6.42 Å². The first-order valence-electron chi connectivity index (χ1n) is 5.84. The number of hydrogen-bond donors (Lipinski definition) is 4. The van der Waals surface area contributed by atoms with E-state index in [1.54, 1.807) is 6.92 Å². The Morgan fingerprint density at radius 2 is 2.06 bits per heavy atom. The van der Waals surface area contributed by atoms with Crippen LogP contribution >= 0.6 is 0 Å². The average molecular weight is 256 g/mol. The molecular formula is C10H16N4O4. The Morgan fingerprint density at radius 1 is 1.39 bits per heavy atom. The Kier molecular flexibility index (Phi) is 3.02. The van der Waals surface area contributed by atoms with Crippen molar-refractivity contribution in [2.75, 3.05) is 0 Å². The van der Waals surface area contributed by atoms with Crippen molar-refractivity contribution in [1.29, 1.82) is 0 Å². The van der Waals surface area contributed by atoms with Crippen molar-refractivity contribution in [2.45, 2.75) is 38.6 Å². The highest BCUT2D eigenvalue weighted by molar-refractivity contribution is 5.88. The molecule has 2 fully saturated rings. The fraction of sp³-hybridized carbons (Fsp3) is 0.700. The Balaban J connectivity index is 2.26. The Morgan fingerprint density at radius 3 is 2.61 bits per heavy atom. The molecule has 0 bridgehead atoms. The molecule has 2 rings (SSSR count). The SMILES string of the molecule is CC[C@H](C)[C@H](C(=O)O)N1C(=O)N[C@@H]2NC(=O)N[C@@H]21. The number of amides is 4. The van der Waals surface area contributed by atoms with Crippen LogP contribution in [-0.2, 0) is 4.79 Å². The number of carboxylic acids is 1. The number of nitrogens with zero attached hydrogens (tertiary/aromatic N) is 1. The van der Waals surface area contributed by atoms with E-state index in [9.17, 15) is 19.5 Å². The molecule has 8 nitrogen and oxygen atoms in total. The summed E-state index contributed by atoms with van der Waals surface area (Å²) in [6.45, 7) is 3.63. The first-order valence-corrected chi connectivity index (χ1v) is 5.84. The Labute approximate surface area is 104 Å². The molecule has 8 heteroatoms. The van der Waals surface area contributed by atoms with Crippen LogP contribution in [-0.4, -0.2) is 46.4 Å². The van der Waals surface area contributed by atoms with E-state index in [0.717, 1.165) is 0 Å². The van der Waals surface area contributed by atoms with Crippen molar-refractivity contribution >= 4 is 18.0 Å². The minimum Gasteiger partial charge on any atom is -0.480 e. The number of nitrogens with one attached hydrogen (secondary N) is 3. The van der Waals surface area contributed by atoms with E-state index in [1.807, 2.05) is 6.92 Å². The van der Waals surface area contributed by atoms with Gasteiger partial charge in [-0.25, -0.2) is 14.4 Å². The summed E-state index contributed by atoms with van der Waals surface area (Å²) >= 11 is 0. The lowest BCUT2D eigenvalue weighted by molar-refractivity contribution is -0.144.